The lowest BCUT2D eigenvalue weighted by Crippen LogP contribution is -2.31. The molecule has 0 aliphatic rings. The van der Waals surface area contributed by atoms with Crippen LogP contribution in [0.25, 0.3) is 0 Å². The summed E-state index contributed by atoms with van der Waals surface area (Å²) in [6.07, 6.45) is -0.166. The summed E-state index contributed by atoms with van der Waals surface area (Å²) in [7, 11) is -1.95. The molecule has 1 atom stereocenters. The fourth-order valence-electron chi connectivity index (χ4n) is 1.19. The zero-order valence-electron chi connectivity index (χ0n) is 9.81. The molecule has 0 amide bonds. The molecule has 0 saturated heterocycles. The molecule has 0 aliphatic carbocycles. The zero-order valence-corrected chi connectivity index (χ0v) is 11.4. The predicted molar refractivity (Wildman–Crippen MR) is 67.7 cm³/mol. The van der Waals surface area contributed by atoms with E-state index in [1.807, 2.05) is 0 Å². The van der Waals surface area contributed by atoms with Crippen LogP contribution < -0.4 is 4.72 Å². The van der Waals surface area contributed by atoms with Crippen molar-refractivity contribution >= 4 is 21.6 Å². The molecule has 17 heavy (non-hydrogen) atoms. The number of hydrogen-bond donors (Lipinski definition) is 1. The number of benzene rings is 1. The first-order valence-corrected chi connectivity index (χ1v) is 7.18. The van der Waals surface area contributed by atoms with Gasteiger partial charge in [-0.1, -0.05) is 12.1 Å². The Kier molecular flexibility index (Phi) is 5.39. The predicted octanol–water partition coefficient (Wildman–Crippen LogP) is 1.74. The summed E-state index contributed by atoms with van der Waals surface area (Å²) in [4.78, 5) is 0.221. The summed E-state index contributed by atoms with van der Waals surface area (Å²) >= 11 is 5.66. The van der Waals surface area contributed by atoms with Gasteiger partial charge < -0.3 is 4.74 Å². The highest BCUT2D eigenvalue weighted by atomic mass is 35.5. The Bertz CT molecular complexity index is 462. The lowest BCUT2D eigenvalue weighted by atomic mass is 10.2. The van der Waals surface area contributed by atoms with Gasteiger partial charge in [0.05, 0.1) is 11.0 Å². The Morgan fingerprint density at radius 1 is 1.47 bits per heavy atom. The molecule has 96 valence electrons. The normalized spacial score (nSPS) is 13.6. The van der Waals surface area contributed by atoms with E-state index in [-0.39, 0.29) is 23.4 Å². The Hall–Kier alpha value is -0.620. The highest BCUT2D eigenvalue weighted by Gasteiger charge is 2.15. The standard InChI is InChI=1S/C11H16ClNO3S/c1-9(16-2)8-13-17(14,15)11-5-3-4-10(6-11)7-12/h3-6,9,13H,7-8H2,1-2H3. The van der Waals surface area contributed by atoms with Gasteiger partial charge in [-0.15, -0.1) is 11.6 Å². The van der Waals surface area contributed by atoms with Crippen LogP contribution in [0.15, 0.2) is 29.2 Å². The van der Waals surface area contributed by atoms with Crippen LogP contribution in [0.3, 0.4) is 0 Å². The molecule has 0 aromatic heterocycles. The van der Waals surface area contributed by atoms with Crippen molar-refractivity contribution in [2.24, 2.45) is 0 Å². The molecular formula is C11H16ClNO3S. The summed E-state index contributed by atoms with van der Waals surface area (Å²) in [6.45, 7) is 2.03. The fraction of sp³-hybridized carbons (Fsp3) is 0.455. The number of sulfonamides is 1. The molecule has 6 heteroatoms. The van der Waals surface area contributed by atoms with E-state index in [9.17, 15) is 8.42 Å². The second-order valence-corrected chi connectivity index (χ2v) is 5.71. The number of methoxy groups -OCH3 is 1. The lowest BCUT2D eigenvalue weighted by molar-refractivity contribution is 0.122. The van der Waals surface area contributed by atoms with Crippen LogP contribution >= 0.6 is 11.6 Å². The van der Waals surface area contributed by atoms with Crippen LogP contribution in [0.1, 0.15) is 12.5 Å². The van der Waals surface area contributed by atoms with Gasteiger partial charge in [-0.2, -0.15) is 0 Å². The smallest absolute Gasteiger partial charge is 0.240 e. The molecule has 0 aliphatic heterocycles. The molecule has 0 heterocycles. The van der Waals surface area contributed by atoms with E-state index in [0.29, 0.717) is 0 Å². The summed E-state index contributed by atoms with van der Waals surface area (Å²) in [5.74, 6) is 0.290. The van der Waals surface area contributed by atoms with Crippen LogP contribution in [0.4, 0.5) is 0 Å². The van der Waals surface area contributed by atoms with Crippen LogP contribution in [0.5, 0.6) is 0 Å². The van der Waals surface area contributed by atoms with Crippen molar-refractivity contribution in [1.82, 2.24) is 4.72 Å². The van der Waals surface area contributed by atoms with Crippen molar-refractivity contribution < 1.29 is 13.2 Å². The average Bonchev–Trinajstić information content (AvgIpc) is 2.36. The largest absolute Gasteiger partial charge is 0.380 e. The number of ether oxygens (including phenoxy) is 1. The second kappa shape index (κ2) is 6.35. The van der Waals surface area contributed by atoms with E-state index in [1.165, 1.54) is 13.2 Å². The lowest BCUT2D eigenvalue weighted by Gasteiger charge is -2.11. The Labute approximate surface area is 107 Å². The minimum absolute atomic E-state index is 0.166. The Balaban J connectivity index is 2.82. The van der Waals surface area contributed by atoms with E-state index in [2.05, 4.69) is 4.72 Å². The summed E-state index contributed by atoms with van der Waals surface area (Å²) in [6, 6.07) is 6.55. The zero-order chi connectivity index (χ0) is 12.9. The third-order valence-corrected chi connectivity index (χ3v) is 4.06. The first-order chi connectivity index (χ1) is 7.99. The number of rotatable bonds is 6. The number of nitrogens with one attached hydrogen (secondary N) is 1. The van der Waals surface area contributed by atoms with Crippen molar-refractivity contribution in [2.75, 3.05) is 13.7 Å². The van der Waals surface area contributed by atoms with Crippen LogP contribution in [-0.2, 0) is 20.6 Å². The Morgan fingerprint density at radius 2 is 2.18 bits per heavy atom. The van der Waals surface area contributed by atoms with Crippen LogP contribution in [-0.4, -0.2) is 28.2 Å². The molecule has 1 unspecified atom stereocenters. The molecule has 0 spiro atoms. The van der Waals surface area contributed by atoms with Crippen molar-refractivity contribution in [3.05, 3.63) is 29.8 Å². The highest BCUT2D eigenvalue weighted by molar-refractivity contribution is 7.89. The summed E-state index contributed by atoms with van der Waals surface area (Å²) < 4.78 is 31.3. The maximum Gasteiger partial charge on any atom is 0.240 e. The fourth-order valence-corrected chi connectivity index (χ4v) is 2.54. The quantitative estimate of drug-likeness (QED) is 0.806. The van der Waals surface area contributed by atoms with Crippen molar-refractivity contribution in [1.29, 1.82) is 0 Å². The van der Waals surface area contributed by atoms with Gasteiger partial charge in [-0.3, -0.25) is 0 Å². The van der Waals surface area contributed by atoms with Gasteiger partial charge >= 0.3 is 0 Å². The van der Waals surface area contributed by atoms with Crippen LogP contribution in [0.2, 0.25) is 0 Å². The highest BCUT2D eigenvalue weighted by Crippen LogP contribution is 2.12. The van der Waals surface area contributed by atoms with Crippen molar-refractivity contribution in [3.63, 3.8) is 0 Å². The number of halogens is 1. The summed E-state index contributed by atoms with van der Waals surface area (Å²) in [5.41, 5.74) is 0.773. The van der Waals surface area contributed by atoms with Gasteiger partial charge in [-0.05, 0) is 24.6 Å². The van der Waals surface area contributed by atoms with E-state index in [0.717, 1.165) is 5.56 Å². The number of hydrogen-bond acceptors (Lipinski definition) is 3. The van der Waals surface area contributed by atoms with Gasteiger partial charge in [0.2, 0.25) is 10.0 Å². The van der Waals surface area contributed by atoms with Crippen LogP contribution in [0, 0.1) is 0 Å². The Morgan fingerprint density at radius 3 is 2.76 bits per heavy atom. The molecule has 1 aromatic rings. The molecule has 1 N–H and O–H groups in total. The molecule has 0 fully saturated rings. The SMILES string of the molecule is COC(C)CNS(=O)(=O)c1cccc(CCl)c1. The molecule has 0 radical (unpaired) electrons. The number of alkyl halides is 1. The second-order valence-electron chi connectivity index (χ2n) is 3.68. The van der Waals surface area contributed by atoms with Gasteiger partial charge in [0.25, 0.3) is 0 Å². The van der Waals surface area contributed by atoms with Gasteiger partial charge in [-0.25, -0.2) is 13.1 Å². The molecule has 1 rings (SSSR count). The van der Waals surface area contributed by atoms with E-state index in [1.54, 1.807) is 25.1 Å². The molecule has 0 bridgehead atoms. The van der Waals surface area contributed by atoms with Gasteiger partial charge in [0.1, 0.15) is 0 Å². The van der Waals surface area contributed by atoms with Gasteiger partial charge in [0, 0.05) is 19.5 Å². The monoisotopic (exact) mass is 277 g/mol. The maximum atomic E-state index is 11.9. The minimum Gasteiger partial charge on any atom is -0.380 e. The van der Waals surface area contributed by atoms with E-state index >= 15 is 0 Å². The molecular weight excluding hydrogens is 262 g/mol. The topological polar surface area (TPSA) is 55.4 Å². The van der Waals surface area contributed by atoms with Gasteiger partial charge in [0.15, 0.2) is 0 Å². The molecule has 1 aromatic carbocycles. The van der Waals surface area contributed by atoms with E-state index in [4.69, 9.17) is 16.3 Å². The minimum atomic E-state index is -3.49. The average molecular weight is 278 g/mol. The third kappa shape index (κ3) is 4.27. The molecule has 4 nitrogen and oxygen atoms in total. The molecule has 0 saturated carbocycles. The first kappa shape index (κ1) is 14.4. The van der Waals surface area contributed by atoms with Crippen molar-refractivity contribution in [2.45, 2.75) is 23.8 Å². The summed E-state index contributed by atoms with van der Waals surface area (Å²) in [5, 5.41) is 0. The van der Waals surface area contributed by atoms with Crippen molar-refractivity contribution in [3.8, 4) is 0 Å². The van der Waals surface area contributed by atoms with E-state index < -0.39 is 10.0 Å². The first-order valence-electron chi connectivity index (χ1n) is 5.17. The third-order valence-electron chi connectivity index (χ3n) is 2.33. The maximum absolute atomic E-state index is 11.9.